The lowest BCUT2D eigenvalue weighted by Crippen LogP contribution is -2.36. The number of nitrogens with zero attached hydrogens (tertiary/aromatic N) is 3. The summed E-state index contributed by atoms with van der Waals surface area (Å²) in [4.78, 5) is 22.6. The molecule has 2 aromatic carbocycles. The zero-order valence-electron chi connectivity index (χ0n) is 21.2. The Bertz CT molecular complexity index is 1210. The fraction of sp³-hybridized carbons (Fsp3) is 0.379. The first-order valence-corrected chi connectivity index (χ1v) is 12.9. The average Bonchev–Trinajstić information content (AvgIpc) is 2.96. The maximum absolute atomic E-state index is 14.0. The van der Waals surface area contributed by atoms with Crippen molar-refractivity contribution in [2.24, 2.45) is 0 Å². The third-order valence-corrected chi connectivity index (χ3v) is 6.67. The SMILES string of the molecule is COc1ccc(N2CCOCC2)cc1C(=O)N1CCCCCOc2ccccc2Oc2ncccc2C1. The summed E-state index contributed by atoms with van der Waals surface area (Å²) in [6, 6.07) is 17.3. The van der Waals surface area contributed by atoms with Crippen LogP contribution in [-0.4, -0.2) is 62.4 Å². The molecule has 5 rings (SSSR count). The highest BCUT2D eigenvalue weighted by Gasteiger charge is 2.24. The van der Waals surface area contributed by atoms with Gasteiger partial charge in [-0.1, -0.05) is 18.2 Å². The number of hydrogen-bond acceptors (Lipinski definition) is 7. The number of aromatic nitrogens is 1. The first-order valence-electron chi connectivity index (χ1n) is 12.9. The average molecular weight is 504 g/mol. The number of carbonyl (C=O) groups is 1. The van der Waals surface area contributed by atoms with Crippen LogP contribution in [0.5, 0.6) is 23.1 Å². The fourth-order valence-corrected chi connectivity index (χ4v) is 4.67. The summed E-state index contributed by atoms with van der Waals surface area (Å²) in [6.07, 6.45) is 4.38. The topological polar surface area (TPSA) is 73.4 Å². The molecule has 0 radical (unpaired) electrons. The first kappa shape index (κ1) is 24.9. The molecular weight excluding hydrogens is 470 g/mol. The predicted molar refractivity (Wildman–Crippen MR) is 141 cm³/mol. The molecule has 1 saturated heterocycles. The zero-order chi connectivity index (χ0) is 25.5. The third kappa shape index (κ3) is 5.97. The molecule has 194 valence electrons. The van der Waals surface area contributed by atoms with Gasteiger partial charge in [-0.25, -0.2) is 4.98 Å². The van der Waals surface area contributed by atoms with Crippen LogP contribution in [0.2, 0.25) is 0 Å². The summed E-state index contributed by atoms with van der Waals surface area (Å²) in [6.45, 7) is 4.50. The zero-order valence-corrected chi connectivity index (χ0v) is 21.2. The van der Waals surface area contributed by atoms with Crippen molar-refractivity contribution < 1.29 is 23.7 Å². The maximum Gasteiger partial charge on any atom is 0.257 e. The van der Waals surface area contributed by atoms with Gasteiger partial charge in [-0.3, -0.25) is 4.79 Å². The maximum atomic E-state index is 14.0. The van der Waals surface area contributed by atoms with E-state index in [-0.39, 0.29) is 5.91 Å². The van der Waals surface area contributed by atoms with E-state index < -0.39 is 0 Å². The van der Waals surface area contributed by atoms with E-state index in [0.717, 1.165) is 43.6 Å². The van der Waals surface area contributed by atoms with E-state index in [1.165, 1.54) is 0 Å². The van der Waals surface area contributed by atoms with Crippen molar-refractivity contribution in [1.29, 1.82) is 0 Å². The molecule has 2 aliphatic rings. The molecule has 8 heteroatoms. The van der Waals surface area contributed by atoms with Gasteiger partial charge in [0.25, 0.3) is 5.91 Å². The van der Waals surface area contributed by atoms with Crippen LogP contribution in [0.3, 0.4) is 0 Å². The Morgan fingerprint density at radius 3 is 2.59 bits per heavy atom. The largest absolute Gasteiger partial charge is 0.496 e. The van der Waals surface area contributed by atoms with Gasteiger partial charge >= 0.3 is 0 Å². The lowest BCUT2D eigenvalue weighted by molar-refractivity contribution is 0.0735. The minimum Gasteiger partial charge on any atom is -0.496 e. The molecule has 1 amide bonds. The molecule has 2 aliphatic heterocycles. The first-order chi connectivity index (χ1) is 18.2. The van der Waals surface area contributed by atoms with E-state index in [1.54, 1.807) is 13.3 Å². The molecule has 0 saturated carbocycles. The molecule has 8 nitrogen and oxygen atoms in total. The van der Waals surface area contributed by atoms with Gasteiger partial charge in [0.15, 0.2) is 11.5 Å². The summed E-state index contributed by atoms with van der Waals surface area (Å²) >= 11 is 0. The lowest BCUT2D eigenvalue weighted by atomic mass is 10.1. The summed E-state index contributed by atoms with van der Waals surface area (Å²) in [5, 5.41) is 0. The highest BCUT2D eigenvalue weighted by Crippen LogP contribution is 2.33. The van der Waals surface area contributed by atoms with Gasteiger partial charge in [0, 0.05) is 37.1 Å². The van der Waals surface area contributed by atoms with Gasteiger partial charge in [-0.15, -0.1) is 0 Å². The number of anilines is 1. The van der Waals surface area contributed by atoms with E-state index in [0.29, 0.717) is 61.6 Å². The number of benzene rings is 2. The van der Waals surface area contributed by atoms with E-state index in [1.807, 2.05) is 59.5 Å². The van der Waals surface area contributed by atoms with E-state index >= 15 is 0 Å². The van der Waals surface area contributed by atoms with Crippen LogP contribution in [-0.2, 0) is 11.3 Å². The quantitative estimate of drug-likeness (QED) is 0.502. The molecule has 0 spiro atoms. The van der Waals surface area contributed by atoms with Crippen LogP contribution in [0.4, 0.5) is 5.69 Å². The molecule has 37 heavy (non-hydrogen) atoms. The number of methoxy groups -OCH3 is 1. The summed E-state index contributed by atoms with van der Waals surface area (Å²) in [7, 11) is 1.60. The number of para-hydroxylation sites is 2. The van der Waals surface area contributed by atoms with E-state index in [2.05, 4.69) is 9.88 Å². The van der Waals surface area contributed by atoms with Crippen molar-refractivity contribution in [3.8, 4) is 23.1 Å². The normalized spacial score (nSPS) is 16.6. The monoisotopic (exact) mass is 503 g/mol. The highest BCUT2D eigenvalue weighted by molar-refractivity contribution is 5.98. The highest BCUT2D eigenvalue weighted by atomic mass is 16.5. The van der Waals surface area contributed by atoms with Crippen molar-refractivity contribution in [2.75, 3.05) is 51.5 Å². The standard InChI is InChI=1S/C29H33N3O5/c1-34-25-12-11-23(31-15-18-35-19-16-31)20-24(25)29(33)32-14-5-2-6-17-36-26-9-3-4-10-27(26)37-28-22(21-32)8-7-13-30-28/h3-4,7-13,20H,2,5-6,14-19,21H2,1H3. The van der Waals surface area contributed by atoms with Crippen LogP contribution < -0.4 is 19.1 Å². The van der Waals surface area contributed by atoms with Gasteiger partial charge < -0.3 is 28.7 Å². The predicted octanol–water partition coefficient (Wildman–Crippen LogP) is 4.92. The third-order valence-electron chi connectivity index (χ3n) is 6.67. The number of pyridine rings is 1. The summed E-state index contributed by atoms with van der Waals surface area (Å²) in [5.74, 6) is 2.25. The van der Waals surface area contributed by atoms with Crippen LogP contribution in [0.1, 0.15) is 35.2 Å². The van der Waals surface area contributed by atoms with Crippen LogP contribution in [0.15, 0.2) is 60.8 Å². The Morgan fingerprint density at radius 1 is 0.919 bits per heavy atom. The Kier molecular flexibility index (Phi) is 8.05. The van der Waals surface area contributed by atoms with Crippen LogP contribution >= 0.6 is 0 Å². The van der Waals surface area contributed by atoms with Crippen molar-refractivity contribution >= 4 is 11.6 Å². The number of ether oxygens (including phenoxy) is 4. The Balaban J connectivity index is 1.46. The summed E-state index contributed by atoms with van der Waals surface area (Å²) in [5.41, 5.74) is 2.38. The Morgan fingerprint density at radius 2 is 1.76 bits per heavy atom. The number of hydrogen-bond donors (Lipinski definition) is 0. The smallest absolute Gasteiger partial charge is 0.257 e. The number of fused-ring (bicyclic) bond motifs is 2. The van der Waals surface area contributed by atoms with E-state index in [9.17, 15) is 4.79 Å². The van der Waals surface area contributed by atoms with Gasteiger partial charge in [0.1, 0.15) is 5.75 Å². The lowest BCUT2D eigenvalue weighted by Gasteiger charge is -2.30. The molecule has 3 aromatic rings. The van der Waals surface area contributed by atoms with Gasteiger partial charge in [-0.05, 0) is 55.7 Å². The minimum absolute atomic E-state index is 0.0757. The molecule has 0 unspecified atom stereocenters. The van der Waals surface area contributed by atoms with Gasteiger partial charge in [-0.2, -0.15) is 0 Å². The fourth-order valence-electron chi connectivity index (χ4n) is 4.67. The molecule has 0 atom stereocenters. The molecule has 1 aromatic heterocycles. The molecular formula is C29H33N3O5. The summed E-state index contributed by atoms with van der Waals surface area (Å²) < 4.78 is 23.3. The number of amides is 1. The molecule has 0 N–H and O–H groups in total. The van der Waals surface area contributed by atoms with Gasteiger partial charge in [0.2, 0.25) is 5.88 Å². The molecule has 0 aliphatic carbocycles. The Hall–Kier alpha value is -3.78. The van der Waals surface area contributed by atoms with Gasteiger partial charge in [0.05, 0.1) is 39.0 Å². The van der Waals surface area contributed by atoms with Crippen LogP contribution in [0, 0.1) is 0 Å². The second-order valence-corrected chi connectivity index (χ2v) is 9.14. The number of rotatable bonds is 3. The van der Waals surface area contributed by atoms with Crippen molar-refractivity contribution in [3.63, 3.8) is 0 Å². The van der Waals surface area contributed by atoms with Crippen LogP contribution in [0.25, 0.3) is 0 Å². The second kappa shape index (κ2) is 12.0. The second-order valence-electron chi connectivity index (χ2n) is 9.14. The van der Waals surface area contributed by atoms with Crippen molar-refractivity contribution in [3.05, 3.63) is 71.9 Å². The van der Waals surface area contributed by atoms with E-state index in [4.69, 9.17) is 18.9 Å². The minimum atomic E-state index is -0.0757. The number of carbonyl (C=O) groups excluding carboxylic acids is 1. The number of morpholine rings is 1. The Labute approximate surface area is 217 Å². The van der Waals surface area contributed by atoms with Crippen molar-refractivity contribution in [2.45, 2.75) is 25.8 Å². The molecule has 1 fully saturated rings. The molecule has 0 bridgehead atoms. The van der Waals surface area contributed by atoms with Crippen molar-refractivity contribution in [1.82, 2.24) is 9.88 Å². The molecule has 3 heterocycles.